The van der Waals surface area contributed by atoms with Gasteiger partial charge in [0.15, 0.2) is 0 Å². The molecule has 0 spiro atoms. The normalized spacial score (nSPS) is 14.3. The van der Waals surface area contributed by atoms with E-state index >= 15 is 0 Å². The monoisotopic (exact) mass is 483 g/mol. The summed E-state index contributed by atoms with van der Waals surface area (Å²) in [7, 11) is 0. The summed E-state index contributed by atoms with van der Waals surface area (Å²) in [6.07, 6.45) is -0.210. The zero-order valence-electron chi connectivity index (χ0n) is 18.2. The highest BCUT2D eigenvalue weighted by atomic mass is 35.5. The molecule has 2 aromatic rings. The number of carbonyl (C=O) groups is 1. The second kappa shape index (κ2) is 10.4. The number of pyridine rings is 1. The minimum absolute atomic E-state index is 0.0147. The van der Waals surface area contributed by atoms with Gasteiger partial charge in [0, 0.05) is 31.6 Å². The number of carbonyl (C=O) groups excluding carboxylic acids is 1. The SMILES string of the molecule is CC(C)c1cc(NC(=O)N2CC=C(c3ncc(CCO)cc3Cl)CC2)ccc1OC(F)(F)F. The molecule has 0 unspecified atom stereocenters. The van der Waals surface area contributed by atoms with Crippen molar-refractivity contribution in [2.24, 2.45) is 0 Å². The Morgan fingerprint density at radius 2 is 2.09 bits per heavy atom. The maximum absolute atomic E-state index is 12.7. The molecule has 0 bridgehead atoms. The predicted octanol–water partition coefficient (Wildman–Crippen LogP) is 5.61. The van der Waals surface area contributed by atoms with Crippen LogP contribution in [0.1, 0.15) is 43.0 Å². The zero-order chi connectivity index (χ0) is 24.2. The predicted molar refractivity (Wildman–Crippen MR) is 120 cm³/mol. The molecule has 6 nitrogen and oxygen atoms in total. The van der Waals surface area contributed by atoms with E-state index < -0.39 is 6.36 Å². The molecule has 0 saturated carbocycles. The Morgan fingerprint density at radius 3 is 2.67 bits per heavy atom. The Balaban J connectivity index is 1.67. The number of aliphatic hydroxyl groups excluding tert-OH is 1. The third kappa shape index (κ3) is 6.61. The zero-order valence-corrected chi connectivity index (χ0v) is 19.0. The molecule has 1 aromatic heterocycles. The Labute approximate surface area is 195 Å². The van der Waals surface area contributed by atoms with Crippen LogP contribution in [0.5, 0.6) is 5.75 Å². The van der Waals surface area contributed by atoms with Crippen molar-refractivity contribution in [3.05, 3.63) is 58.4 Å². The van der Waals surface area contributed by atoms with Gasteiger partial charge in [-0.3, -0.25) is 4.98 Å². The van der Waals surface area contributed by atoms with Crippen LogP contribution in [-0.4, -0.2) is 47.1 Å². The first-order valence-electron chi connectivity index (χ1n) is 10.5. The van der Waals surface area contributed by atoms with Gasteiger partial charge < -0.3 is 20.1 Å². The number of halogens is 4. The number of nitrogens with zero attached hydrogens (tertiary/aromatic N) is 2. The fraction of sp³-hybridized carbons (Fsp3) is 0.391. The third-order valence-corrected chi connectivity index (χ3v) is 5.50. The summed E-state index contributed by atoms with van der Waals surface area (Å²) in [5.41, 5.74) is 3.15. The molecule has 1 aliphatic heterocycles. The van der Waals surface area contributed by atoms with Crippen molar-refractivity contribution in [1.82, 2.24) is 9.88 Å². The molecule has 10 heteroatoms. The smallest absolute Gasteiger partial charge is 0.405 e. The van der Waals surface area contributed by atoms with Crippen LogP contribution in [0, 0.1) is 0 Å². The van der Waals surface area contributed by atoms with Gasteiger partial charge in [-0.1, -0.05) is 31.5 Å². The average molecular weight is 484 g/mol. The standard InChI is InChI=1S/C23H25ClF3N3O3/c1-14(2)18-12-17(3-4-20(18)33-23(25,26)27)29-22(32)30-8-5-16(6-9-30)21-19(24)11-15(7-10-31)13-28-21/h3-5,11-14,31H,6-10H2,1-2H3,(H,29,32). The van der Waals surface area contributed by atoms with Crippen molar-refractivity contribution >= 4 is 28.9 Å². The lowest BCUT2D eigenvalue weighted by Crippen LogP contribution is -2.38. The maximum Gasteiger partial charge on any atom is 0.573 e. The lowest BCUT2D eigenvalue weighted by atomic mass is 10.0. The van der Waals surface area contributed by atoms with E-state index in [-0.39, 0.29) is 24.3 Å². The highest BCUT2D eigenvalue weighted by Crippen LogP contribution is 2.33. The number of anilines is 1. The van der Waals surface area contributed by atoms with Gasteiger partial charge in [-0.2, -0.15) is 0 Å². The van der Waals surface area contributed by atoms with Crippen LogP contribution in [0.4, 0.5) is 23.7 Å². The highest BCUT2D eigenvalue weighted by molar-refractivity contribution is 6.32. The quantitative estimate of drug-likeness (QED) is 0.559. The summed E-state index contributed by atoms with van der Waals surface area (Å²) in [4.78, 5) is 18.7. The van der Waals surface area contributed by atoms with Gasteiger partial charge in [-0.15, -0.1) is 13.2 Å². The van der Waals surface area contributed by atoms with Crippen LogP contribution in [0.2, 0.25) is 5.02 Å². The number of aromatic nitrogens is 1. The van der Waals surface area contributed by atoms with Crippen LogP contribution >= 0.6 is 11.6 Å². The number of urea groups is 1. The van der Waals surface area contributed by atoms with E-state index in [1.165, 1.54) is 18.2 Å². The number of amides is 2. The van der Waals surface area contributed by atoms with Crippen LogP contribution in [0.25, 0.3) is 5.57 Å². The van der Waals surface area contributed by atoms with Gasteiger partial charge in [0.2, 0.25) is 0 Å². The fourth-order valence-electron chi connectivity index (χ4n) is 3.55. The Kier molecular flexibility index (Phi) is 7.86. The van der Waals surface area contributed by atoms with E-state index in [1.54, 1.807) is 31.0 Å². The van der Waals surface area contributed by atoms with Gasteiger partial charge in [0.05, 0.1) is 10.7 Å². The number of alkyl halides is 3. The molecule has 2 N–H and O–H groups in total. The first-order chi connectivity index (χ1) is 15.6. The molecule has 1 aromatic carbocycles. The Morgan fingerprint density at radius 1 is 1.33 bits per heavy atom. The van der Waals surface area contributed by atoms with Crippen molar-refractivity contribution in [3.63, 3.8) is 0 Å². The third-order valence-electron chi connectivity index (χ3n) is 5.21. The van der Waals surface area contributed by atoms with E-state index in [0.717, 1.165) is 11.1 Å². The summed E-state index contributed by atoms with van der Waals surface area (Å²) in [5.74, 6) is -0.517. The summed E-state index contributed by atoms with van der Waals surface area (Å²) < 4.78 is 42.0. The topological polar surface area (TPSA) is 74.7 Å². The molecule has 0 saturated heterocycles. The van der Waals surface area contributed by atoms with E-state index in [2.05, 4.69) is 15.0 Å². The lowest BCUT2D eigenvalue weighted by molar-refractivity contribution is -0.274. The molecular weight excluding hydrogens is 459 g/mol. The number of aliphatic hydroxyl groups is 1. The number of nitrogens with one attached hydrogen (secondary N) is 1. The van der Waals surface area contributed by atoms with Gasteiger partial charge in [-0.05, 0) is 59.7 Å². The minimum Gasteiger partial charge on any atom is -0.405 e. The molecule has 0 fully saturated rings. The maximum atomic E-state index is 12.7. The van der Waals surface area contributed by atoms with Crippen molar-refractivity contribution in [2.75, 3.05) is 25.0 Å². The molecular formula is C23H25ClF3N3O3. The van der Waals surface area contributed by atoms with E-state index in [4.69, 9.17) is 16.7 Å². The lowest BCUT2D eigenvalue weighted by Gasteiger charge is -2.27. The van der Waals surface area contributed by atoms with E-state index in [0.29, 0.717) is 47.9 Å². The number of hydrogen-bond acceptors (Lipinski definition) is 4. The van der Waals surface area contributed by atoms with Gasteiger partial charge in [0.1, 0.15) is 5.75 Å². The summed E-state index contributed by atoms with van der Waals surface area (Å²) in [6.45, 7) is 4.28. The van der Waals surface area contributed by atoms with E-state index in [9.17, 15) is 18.0 Å². The number of rotatable bonds is 6. The van der Waals surface area contributed by atoms with Crippen molar-refractivity contribution < 1.29 is 27.8 Å². The van der Waals surface area contributed by atoms with Crippen molar-refractivity contribution in [3.8, 4) is 5.75 Å². The Bertz CT molecular complexity index is 1040. The van der Waals surface area contributed by atoms with Crippen molar-refractivity contribution in [1.29, 1.82) is 0 Å². The molecule has 3 rings (SSSR count). The largest absolute Gasteiger partial charge is 0.573 e. The molecule has 2 heterocycles. The highest BCUT2D eigenvalue weighted by Gasteiger charge is 2.32. The summed E-state index contributed by atoms with van der Waals surface area (Å²) in [5, 5.41) is 12.3. The van der Waals surface area contributed by atoms with Gasteiger partial charge in [0.25, 0.3) is 0 Å². The van der Waals surface area contributed by atoms with Crippen LogP contribution in [0.15, 0.2) is 36.5 Å². The first-order valence-corrected chi connectivity index (χ1v) is 10.9. The van der Waals surface area contributed by atoms with E-state index in [1.807, 2.05) is 6.08 Å². The minimum atomic E-state index is -4.79. The second-order valence-electron chi connectivity index (χ2n) is 7.96. The number of benzene rings is 1. The fourth-order valence-corrected chi connectivity index (χ4v) is 3.86. The van der Waals surface area contributed by atoms with Crippen molar-refractivity contribution in [2.45, 2.75) is 39.0 Å². The number of hydrogen-bond donors (Lipinski definition) is 2. The van der Waals surface area contributed by atoms with Gasteiger partial charge in [-0.25, -0.2) is 4.79 Å². The molecule has 0 radical (unpaired) electrons. The van der Waals surface area contributed by atoms with Crippen LogP contribution in [-0.2, 0) is 6.42 Å². The summed E-state index contributed by atoms with van der Waals surface area (Å²) >= 11 is 6.34. The van der Waals surface area contributed by atoms with Gasteiger partial charge >= 0.3 is 12.4 Å². The van der Waals surface area contributed by atoms with Crippen LogP contribution < -0.4 is 10.1 Å². The second-order valence-corrected chi connectivity index (χ2v) is 8.37. The summed E-state index contributed by atoms with van der Waals surface area (Å²) in [6, 6.07) is 5.50. The molecule has 178 valence electrons. The average Bonchev–Trinajstić information content (AvgIpc) is 2.74. The van der Waals surface area contributed by atoms with Crippen LogP contribution in [0.3, 0.4) is 0 Å². The molecule has 0 aliphatic carbocycles. The molecule has 2 amide bonds. The molecule has 1 aliphatic rings. The molecule has 33 heavy (non-hydrogen) atoms. The molecule has 0 atom stereocenters. The Hall–Kier alpha value is -2.78. The number of ether oxygens (including phenoxy) is 1. The first kappa shape index (κ1) is 24.9.